The van der Waals surface area contributed by atoms with Gasteiger partial charge in [0, 0.05) is 17.4 Å². The zero-order chi connectivity index (χ0) is 19.1. The highest BCUT2D eigenvalue weighted by Crippen LogP contribution is 2.18. The summed E-state index contributed by atoms with van der Waals surface area (Å²) in [5.74, 6) is -1.05. The number of amides is 1. The van der Waals surface area contributed by atoms with Crippen LogP contribution in [0.4, 0.5) is 11.4 Å². The summed E-state index contributed by atoms with van der Waals surface area (Å²) < 4.78 is 0. The van der Waals surface area contributed by atoms with Gasteiger partial charge in [-0.05, 0) is 54.6 Å². The maximum absolute atomic E-state index is 11.9. The van der Waals surface area contributed by atoms with Crippen LogP contribution in [0.1, 0.15) is 20.7 Å². The molecule has 1 heterocycles. The largest absolute Gasteiger partial charge is 0.362 e. The fourth-order valence-corrected chi connectivity index (χ4v) is 2.22. The number of anilines is 1. The highest BCUT2D eigenvalue weighted by atomic mass is 35.5. The first-order valence-electron chi connectivity index (χ1n) is 7.81. The zero-order valence-corrected chi connectivity index (χ0v) is 14.6. The van der Waals surface area contributed by atoms with E-state index in [1.54, 1.807) is 60.8 Å². The number of nitrogens with one attached hydrogen (secondary N) is 1. The minimum atomic E-state index is -0.566. The first kappa shape index (κ1) is 18.2. The predicted molar refractivity (Wildman–Crippen MR) is 100 cm³/mol. The van der Waals surface area contributed by atoms with Crippen LogP contribution in [0.2, 0.25) is 5.02 Å². The second-order valence-corrected chi connectivity index (χ2v) is 5.73. The Morgan fingerprint density at radius 3 is 2.48 bits per heavy atom. The van der Waals surface area contributed by atoms with Crippen molar-refractivity contribution >= 4 is 34.9 Å². The van der Waals surface area contributed by atoms with Crippen molar-refractivity contribution in [3.63, 3.8) is 0 Å². The number of pyridine rings is 1. The summed E-state index contributed by atoms with van der Waals surface area (Å²) >= 11 is 5.84. The number of halogens is 1. The quantitative estimate of drug-likeness (QED) is 0.504. The van der Waals surface area contributed by atoms with Gasteiger partial charge in [0.1, 0.15) is 0 Å². The Labute approximate surface area is 159 Å². The smallest absolute Gasteiger partial charge is 0.338 e. The molecule has 3 rings (SSSR count). The van der Waals surface area contributed by atoms with Gasteiger partial charge in [0.2, 0.25) is 0 Å². The Hall–Kier alpha value is -3.58. The molecule has 7 nitrogen and oxygen atoms in total. The molecule has 3 aromatic rings. The number of rotatable bonds is 5. The Balaban J connectivity index is 1.56. The zero-order valence-electron chi connectivity index (χ0n) is 13.9. The maximum Gasteiger partial charge on any atom is 0.362 e. The van der Waals surface area contributed by atoms with Crippen LogP contribution in [0, 0.1) is 0 Å². The maximum atomic E-state index is 11.9. The van der Waals surface area contributed by atoms with Crippen LogP contribution in [-0.2, 0) is 4.84 Å². The topological polar surface area (TPSA) is 93.0 Å². The van der Waals surface area contributed by atoms with Crippen LogP contribution >= 0.6 is 11.6 Å². The molecule has 1 aromatic heterocycles. The molecule has 0 aliphatic carbocycles. The van der Waals surface area contributed by atoms with Crippen molar-refractivity contribution in [2.75, 3.05) is 5.48 Å². The summed E-state index contributed by atoms with van der Waals surface area (Å²) in [4.78, 5) is 32.6. The number of carbonyl (C=O) groups excluding carboxylic acids is 2. The Kier molecular flexibility index (Phi) is 5.86. The molecule has 1 N–H and O–H groups in total. The molecule has 8 heteroatoms. The molecule has 0 bridgehead atoms. The molecule has 0 saturated carbocycles. The normalized spacial score (nSPS) is 10.6. The van der Waals surface area contributed by atoms with Gasteiger partial charge in [-0.2, -0.15) is 0 Å². The Morgan fingerprint density at radius 2 is 1.78 bits per heavy atom. The van der Waals surface area contributed by atoms with E-state index in [0.717, 1.165) is 0 Å². The lowest BCUT2D eigenvalue weighted by atomic mass is 10.2. The van der Waals surface area contributed by atoms with Gasteiger partial charge in [0.25, 0.3) is 5.91 Å². The molecule has 0 atom stereocenters. The summed E-state index contributed by atoms with van der Waals surface area (Å²) in [6.45, 7) is 0. The molecule has 0 unspecified atom stereocenters. The number of nitrogens with zero attached hydrogens (tertiary/aromatic N) is 3. The van der Waals surface area contributed by atoms with Crippen LogP contribution in [0.3, 0.4) is 0 Å². The van der Waals surface area contributed by atoms with Crippen LogP contribution in [-0.4, -0.2) is 16.9 Å². The second kappa shape index (κ2) is 8.68. The van der Waals surface area contributed by atoms with Gasteiger partial charge in [0.05, 0.1) is 22.5 Å². The number of hydrogen-bond acceptors (Lipinski definition) is 6. The third-order valence-electron chi connectivity index (χ3n) is 3.35. The van der Waals surface area contributed by atoms with Crippen molar-refractivity contribution in [1.29, 1.82) is 0 Å². The lowest BCUT2D eigenvalue weighted by molar-refractivity contribution is 0.0596. The third kappa shape index (κ3) is 5.20. The van der Waals surface area contributed by atoms with Crippen molar-refractivity contribution in [3.8, 4) is 0 Å². The fourth-order valence-electron chi connectivity index (χ4n) is 2.03. The van der Waals surface area contributed by atoms with E-state index in [2.05, 4.69) is 20.7 Å². The molecule has 1 amide bonds. The summed E-state index contributed by atoms with van der Waals surface area (Å²) in [5.41, 5.74) is 4.22. The van der Waals surface area contributed by atoms with Gasteiger partial charge < -0.3 is 4.84 Å². The number of carbonyl (C=O) groups is 2. The second-order valence-electron chi connectivity index (χ2n) is 5.30. The molecule has 0 aliphatic rings. The molecule has 0 spiro atoms. The molecule has 2 aromatic carbocycles. The van der Waals surface area contributed by atoms with Crippen LogP contribution < -0.4 is 5.48 Å². The standard InChI is InChI=1S/C19H13ClN4O3/c20-15-5-1-3-13(11-15)19(26)27-24-17-8-6-16(7-9-17)22-23-18(25)14-4-2-10-21-12-14/h1-12,24H. The average Bonchev–Trinajstić information content (AvgIpc) is 2.71. The van der Waals surface area contributed by atoms with Crippen molar-refractivity contribution in [1.82, 2.24) is 4.98 Å². The van der Waals surface area contributed by atoms with Gasteiger partial charge in [-0.25, -0.2) is 10.3 Å². The van der Waals surface area contributed by atoms with Crippen LogP contribution in [0.25, 0.3) is 0 Å². The van der Waals surface area contributed by atoms with Gasteiger partial charge in [0.15, 0.2) is 0 Å². The minimum absolute atomic E-state index is 0.328. The van der Waals surface area contributed by atoms with Gasteiger partial charge >= 0.3 is 5.97 Å². The predicted octanol–water partition coefficient (Wildman–Crippen LogP) is 4.84. The van der Waals surface area contributed by atoms with Crippen molar-refractivity contribution in [3.05, 3.63) is 89.2 Å². The highest BCUT2D eigenvalue weighted by molar-refractivity contribution is 6.30. The molecular formula is C19H13ClN4O3. The van der Waals surface area contributed by atoms with Gasteiger partial charge in [-0.3, -0.25) is 9.78 Å². The number of hydrogen-bond donors (Lipinski definition) is 1. The SMILES string of the molecule is O=C(N=Nc1ccc(NOC(=O)c2cccc(Cl)c2)cc1)c1cccnc1. The van der Waals surface area contributed by atoms with E-state index in [-0.39, 0.29) is 0 Å². The number of aromatic nitrogens is 1. The summed E-state index contributed by atoms with van der Waals surface area (Å²) in [6.07, 6.45) is 2.99. The Morgan fingerprint density at radius 1 is 1.00 bits per heavy atom. The monoisotopic (exact) mass is 380 g/mol. The molecule has 0 aliphatic heterocycles. The van der Waals surface area contributed by atoms with E-state index in [1.807, 2.05) is 0 Å². The first-order chi connectivity index (χ1) is 13.1. The van der Waals surface area contributed by atoms with E-state index < -0.39 is 11.9 Å². The van der Waals surface area contributed by atoms with E-state index in [1.165, 1.54) is 12.3 Å². The van der Waals surface area contributed by atoms with Gasteiger partial charge in [-0.15, -0.1) is 10.2 Å². The van der Waals surface area contributed by atoms with Crippen LogP contribution in [0.5, 0.6) is 0 Å². The van der Waals surface area contributed by atoms with E-state index >= 15 is 0 Å². The summed E-state index contributed by atoms with van der Waals surface area (Å²) in [6, 6.07) is 16.2. The molecule has 134 valence electrons. The van der Waals surface area contributed by atoms with E-state index in [9.17, 15) is 9.59 Å². The van der Waals surface area contributed by atoms with E-state index in [0.29, 0.717) is 27.5 Å². The highest BCUT2D eigenvalue weighted by Gasteiger charge is 2.08. The van der Waals surface area contributed by atoms with Crippen molar-refractivity contribution < 1.29 is 14.4 Å². The van der Waals surface area contributed by atoms with Crippen LogP contribution in [0.15, 0.2) is 83.3 Å². The molecule has 0 radical (unpaired) electrons. The lowest BCUT2D eigenvalue weighted by Gasteiger charge is -2.07. The summed E-state index contributed by atoms with van der Waals surface area (Å²) in [5, 5.41) is 7.96. The lowest BCUT2D eigenvalue weighted by Crippen LogP contribution is -2.10. The average molecular weight is 381 g/mol. The Bertz CT molecular complexity index is 976. The number of benzene rings is 2. The molecule has 0 saturated heterocycles. The first-order valence-corrected chi connectivity index (χ1v) is 8.18. The summed E-state index contributed by atoms with van der Waals surface area (Å²) in [7, 11) is 0. The number of azo groups is 1. The minimum Gasteiger partial charge on any atom is -0.338 e. The molecule has 0 fully saturated rings. The molecule has 27 heavy (non-hydrogen) atoms. The van der Waals surface area contributed by atoms with Gasteiger partial charge in [-0.1, -0.05) is 17.7 Å². The fraction of sp³-hybridized carbons (Fsp3) is 0. The van der Waals surface area contributed by atoms with Crippen molar-refractivity contribution in [2.24, 2.45) is 10.2 Å². The molecular weight excluding hydrogens is 368 g/mol. The van der Waals surface area contributed by atoms with Crippen molar-refractivity contribution in [2.45, 2.75) is 0 Å². The third-order valence-corrected chi connectivity index (χ3v) is 3.59. The van der Waals surface area contributed by atoms with E-state index in [4.69, 9.17) is 16.4 Å².